The predicted octanol–water partition coefficient (Wildman–Crippen LogP) is 4.20. The van der Waals surface area contributed by atoms with Crippen LogP contribution in [0.15, 0.2) is 64.8 Å². The molecular formula is C20H14BrFN4O. The molecule has 27 heavy (non-hydrogen) atoms. The topological polar surface area (TPSA) is 81.6 Å². The molecule has 3 aromatic rings. The third-order valence-corrected chi connectivity index (χ3v) is 4.39. The molecule has 0 aliphatic heterocycles. The molecule has 1 amide bonds. The molecule has 2 aromatic carbocycles. The highest BCUT2D eigenvalue weighted by molar-refractivity contribution is 9.10. The molecule has 0 atom stereocenters. The zero-order chi connectivity index (χ0) is 19.2. The summed E-state index contributed by atoms with van der Waals surface area (Å²) in [5.41, 5.74) is 2.42. The van der Waals surface area contributed by atoms with E-state index in [4.69, 9.17) is 0 Å². The average molecular weight is 425 g/mol. The van der Waals surface area contributed by atoms with Crippen molar-refractivity contribution in [2.24, 2.45) is 0 Å². The predicted molar refractivity (Wildman–Crippen MR) is 104 cm³/mol. The highest BCUT2D eigenvalue weighted by Gasteiger charge is 2.13. The number of H-pyrrole nitrogens is 1. The molecule has 134 valence electrons. The summed E-state index contributed by atoms with van der Waals surface area (Å²) in [7, 11) is 0. The van der Waals surface area contributed by atoms with Gasteiger partial charge >= 0.3 is 0 Å². The average Bonchev–Trinajstić information content (AvgIpc) is 3.14. The fourth-order valence-electron chi connectivity index (χ4n) is 2.47. The van der Waals surface area contributed by atoms with Gasteiger partial charge in [-0.1, -0.05) is 46.3 Å². The second kappa shape index (κ2) is 8.43. The molecule has 0 saturated heterocycles. The molecule has 0 saturated carbocycles. The minimum atomic E-state index is -0.580. The monoisotopic (exact) mass is 424 g/mol. The van der Waals surface area contributed by atoms with Crippen molar-refractivity contribution in [1.82, 2.24) is 15.5 Å². The lowest BCUT2D eigenvalue weighted by Gasteiger charge is -2.06. The van der Waals surface area contributed by atoms with E-state index in [1.165, 1.54) is 12.1 Å². The van der Waals surface area contributed by atoms with E-state index in [-0.39, 0.29) is 12.1 Å². The Kier molecular flexibility index (Phi) is 5.79. The van der Waals surface area contributed by atoms with Gasteiger partial charge in [-0.15, -0.1) is 0 Å². The number of carbonyl (C=O) groups excluding carboxylic acids is 1. The van der Waals surface area contributed by atoms with Crippen LogP contribution in [0.25, 0.3) is 17.3 Å². The molecule has 0 fully saturated rings. The van der Waals surface area contributed by atoms with Crippen LogP contribution in [0, 0.1) is 17.1 Å². The Bertz CT molecular complexity index is 1030. The van der Waals surface area contributed by atoms with Gasteiger partial charge in [0.1, 0.15) is 17.5 Å². The van der Waals surface area contributed by atoms with Crippen molar-refractivity contribution < 1.29 is 9.18 Å². The van der Waals surface area contributed by atoms with Gasteiger partial charge in [0.2, 0.25) is 0 Å². The number of aromatic amines is 1. The molecule has 0 spiro atoms. The number of amides is 1. The lowest BCUT2D eigenvalue weighted by molar-refractivity contribution is -0.117. The Morgan fingerprint density at radius 1 is 1.26 bits per heavy atom. The number of nitrogens with zero attached hydrogens (tertiary/aromatic N) is 2. The zero-order valence-corrected chi connectivity index (χ0v) is 15.6. The third-order valence-electron chi connectivity index (χ3n) is 3.86. The van der Waals surface area contributed by atoms with Crippen molar-refractivity contribution in [3.8, 4) is 17.3 Å². The summed E-state index contributed by atoms with van der Waals surface area (Å²) < 4.78 is 14.6. The minimum absolute atomic E-state index is 0.00448. The van der Waals surface area contributed by atoms with E-state index in [1.807, 2.05) is 30.3 Å². The van der Waals surface area contributed by atoms with E-state index in [0.29, 0.717) is 16.8 Å². The molecule has 0 bridgehead atoms. The van der Waals surface area contributed by atoms with Crippen molar-refractivity contribution in [3.05, 3.63) is 81.7 Å². The standard InChI is InChI=1S/C20H14BrFN4O/c21-17-7-5-13(6-8-17)19-16(12-25-26-19)9-15(10-23)20(27)24-11-14-3-1-2-4-18(14)22/h1-9,12H,11H2,(H,24,27)(H,25,26)/b15-9+. The quantitative estimate of drug-likeness (QED) is 0.475. The number of benzene rings is 2. The van der Waals surface area contributed by atoms with Crippen LogP contribution in [0.1, 0.15) is 11.1 Å². The van der Waals surface area contributed by atoms with Crippen LogP contribution in [0.4, 0.5) is 4.39 Å². The molecule has 5 nitrogen and oxygen atoms in total. The normalized spacial score (nSPS) is 11.1. The Balaban J connectivity index is 1.80. The van der Waals surface area contributed by atoms with E-state index >= 15 is 0 Å². The molecule has 2 N–H and O–H groups in total. The van der Waals surface area contributed by atoms with Crippen molar-refractivity contribution >= 4 is 27.9 Å². The Morgan fingerprint density at radius 3 is 2.70 bits per heavy atom. The van der Waals surface area contributed by atoms with Crippen LogP contribution in [0.2, 0.25) is 0 Å². The molecule has 1 aromatic heterocycles. The van der Waals surface area contributed by atoms with Crippen LogP contribution >= 0.6 is 15.9 Å². The van der Waals surface area contributed by atoms with Gasteiger partial charge in [0.15, 0.2) is 0 Å². The summed E-state index contributed by atoms with van der Waals surface area (Å²) in [6.45, 7) is -0.00448. The molecule has 7 heteroatoms. The van der Waals surface area contributed by atoms with Gasteiger partial charge in [-0.3, -0.25) is 9.89 Å². The molecule has 0 radical (unpaired) electrons. The first-order valence-electron chi connectivity index (χ1n) is 8.01. The van der Waals surface area contributed by atoms with Gasteiger partial charge in [0, 0.05) is 27.7 Å². The van der Waals surface area contributed by atoms with Crippen molar-refractivity contribution in [3.63, 3.8) is 0 Å². The summed E-state index contributed by atoms with van der Waals surface area (Å²) in [6, 6.07) is 15.6. The first kappa shape index (κ1) is 18.5. The van der Waals surface area contributed by atoms with E-state index in [2.05, 4.69) is 31.4 Å². The largest absolute Gasteiger partial charge is 0.347 e. The van der Waals surface area contributed by atoms with Gasteiger partial charge in [-0.2, -0.15) is 10.4 Å². The van der Waals surface area contributed by atoms with E-state index in [9.17, 15) is 14.4 Å². The minimum Gasteiger partial charge on any atom is -0.347 e. The first-order valence-corrected chi connectivity index (χ1v) is 8.80. The van der Waals surface area contributed by atoms with Crippen LogP contribution in [-0.4, -0.2) is 16.1 Å². The van der Waals surface area contributed by atoms with Gasteiger partial charge in [0.05, 0.1) is 11.9 Å². The van der Waals surface area contributed by atoms with Crippen LogP contribution < -0.4 is 5.32 Å². The summed E-state index contributed by atoms with van der Waals surface area (Å²) in [5, 5.41) is 18.8. The lowest BCUT2D eigenvalue weighted by atomic mass is 10.1. The second-order valence-corrected chi connectivity index (χ2v) is 6.57. The second-order valence-electron chi connectivity index (χ2n) is 5.65. The number of nitrogens with one attached hydrogen (secondary N) is 2. The smallest absolute Gasteiger partial charge is 0.262 e. The Morgan fingerprint density at radius 2 is 2.00 bits per heavy atom. The molecule has 0 unspecified atom stereocenters. The maximum Gasteiger partial charge on any atom is 0.262 e. The van der Waals surface area contributed by atoms with E-state index < -0.39 is 11.7 Å². The van der Waals surface area contributed by atoms with Gasteiger partial charge in [-0.25, -0.2) is 4.39 Å². The lowest BCUT2D eigenvalue weighted by Crippen LogP contribution is -2.24. The van der Waals surface area contributed by atoms with E-state index in [1.54, 1.807) is 24.4 Å². The number of halogens is 2. The van der Waals surface area contributed by atoms with Crippen molar-refractivity contribution in [2.45, 2.75) is 6.54 Å². The summed E-state index contributed by atoms with van der Waals surface area (Å²) >= 11 is 3.38. The summed E-state index contributed by atoms with van der Waals surface area (Å²) in [6.07, 6.45) is 3.00. The van der Waals surface area contributed by atoms with Crippen LogP contribution in [0.3, 0.4) is 0 Å². The molecule has 3 rings (SSSR count). The molecular weight excluding hydrogens is 411 g/mol. The highest BCUT2D eigenvalue weighted by atomic mass is 79.9. The fraction of sp³-hybridized carbons (Fsp3) is 0.0500. The van der Waals surface area contributed by atoms with E-state index in [0.717, 1.165) is 10.0 Å². The molecule has 1 heterocycles. The first-order chi connectivity index (χ1) is 13.1. The number of hydrogen-bond acceptors (Lipinski definition) is 3. The summed E-state index contributed by atoms with van der Waals surface area (Å²) in [5.74, 6) is -0.989. The SMILES string of the molecule is N#C/C(=C\c1cn[nH]c1-c1ccc(Br)cc1)C(=O)NCc1ccccc1F. The third kappa shape index (κ3) is 4.49. The van der Waals surface area contributed by atoms with Gasteiger partial charge in [0.25, 0.3) is 5.91 Å². The number of nitriles is 1. The molecule has 0 aliphatic carbocycles. The number of aromatic nitrogens is 2. The maximum absolute atomic E-state index is 13.7. The number of rotatable bonds is 5. The zero-order valence-electron chi connectivity index (χ0n) is 14.0. The summed E-state index contributed by atoms with van der Waals surface area (Å²) in [4.78, 5) is 12.3. The fourth-order valence-corrected chi connectivity index (χ4v) is 2.73. The van der Waals surface area contributed by atoms with Gasteiger partial charge < -0.3 is 5.32 Å². The Hall–Kier alpha value is -3.24. The maximum atomic E-state index is 13.7. The van der Waals surface area contributed by atoms with Crippen LogP contribution in [-0.2, 0) is 11.3 Å². The number of hydrogen-bond donors (Lipinski definition) is 2. The Labute approximate surface area is 163 Å². The number of carbonyl (C=O) groups is 1. The van der Waals surface area contributed by atoms with Crippen molar-refractivity contribution in [2.75, 3.05) is 0 Å². The van der Waals surface area contributed by atoms with Crippen LogP contribution in [0.5, 0.6) is 0 Å². The van der Waals surface area contributed by atoms with Crippen molar-refractivity contribution in [1.29, 1.82) is 5.26 Å². The highest BCUT2D eigenvalue weighted by Crippen LogP contribution is 2.24. The van der Waals surface area contributed by atoms with Gasteiger partial charge in [-0.05, 0) is 24.3 Å². The molecule has 0 aliphatic rings.